The summed E-state index contributed by atoms with van der Waals surface area (Å²) in [6.07, 6.45) is 3.59. The maximum atomic E-state index is 9.24. The van der Waals surface area contributed by atoms with Crippen molar-refractivity contribution in [1.82, 2.24) is 9.88 Å². The number of aliphatic hydroxyl groups is 1. The summed E-state index contributed by atoms with van der Waals surface area (Å²) < 4.78 is 0. The molecule has 0 amide bonds. The van der Waals surface area contributed by atoms with Crippen LogP contribution in [-0.4, -0.2) is 41.2 Å². The predicted molar refractivity (Wildman–Crippen MR) is 75.6 cm³/mol. The minimum Gasteiger partial charge on any atom is -0.393 e. The molecule has 0 aliphatic heterocycles. The van der Waals surface area contributed by atoms with Gasteiger partial charge >= 0.3 is 0 Å². The third kappa shape index (κ3) is 5.98. The van der Waals surface area contributed by atoms with E-state index in [-0.39, 0.29) is 6.10 Å². The molecule has 2 N–H and O–H groups in total. The average Bonchev–Trinajstić information content (AvgIpc) is 2.35. The van der Waals surface area contributed by atoms with Gasteiger partial charge in [0.2, 0.25) is 0 Å². The number of nitrogens with one attached hydrogen (secondary N) is 1. The maximum Gasteiger partial charge on any atom is 0.125 e. The molecule has 0 aromatic carbocycles. The molecule has 1 aromatic rings. The van der Waals surface area contributed by atoms with E-state index in [1.807, 2.05) is 19.2 Å². The molecule has 0 aliphatic carbocycles. The second-order valence-electron chi connectivity index (χ2n) is 4.85. The van der Waals surface area contributed by atoms with Gasteiger partial charge in [0, 0.05) is 25.8 Å². The standard InChI is InChI=1S/C14H25N3O/c1-4-8-15-14-6-5-13(10-16-14)11-17(3)9-7-12(2)18/h5-6,10,12,18H,4,7-9,11H2,1-3H3,(H,15,16). The van der Waals surface area contributed by atoms with Crippen LogP contribution in [0.1, 0.15) is 32.3 Å². The highest BCUT2D eigenvalue weighted by molar-refractivity contribution is 5.35. The zero-order chi connectivity index (χ0) is 13.4. The van der Waals surface area contributed by atoms with Crippen LogP contribution in [0.4, 0.5) is 5.82 Å². The Labute approximate surface area is 110 Å². The van der Waals surface area contributed by atoms with E-state index >= 15 is 0 Å². The van der Waals surface area contributed by atoms with Crippen molar-refractivity contribution in [2.75, 3.05) is 25.5 Å². The van der Waals surface area contributed by atoms with Crippen molar-refractivity contribution in [3.8, 4) is 0 Å². The van der Waals surface area contributed by atoms with Gasteiger partial charge in [-0.25, -0.2) is 4.98 Å². The predicted octanol–water partition coefficient (Wildman–Crippen LogP) is 2.11. The van der Waals surface area contributed by atoms with Gasteiger partial charge in [-0.3, -0.25) is 0 Å². The first kappa shape index (κ1) is 14.9. The molecule has 1 aromatic heterocycles. The number of hydrogen-bond donors (Lipinski definition) is 2. The Kier molecular flexibility index (Phi) is 6.68. The van der Waals surface area contributed by atoms with Gasteiger partial charge < -0.3 is 15.3 Å². The van der Waals surface area contributed by atoms with Gasteiger partial charge in [0.25, 0.3) is 0 Å². The highest BCUT2D eigenvalue weighted by Gasteiger charge is 2.03. The molecule has 0 radical (unpaired) electrons. The van der Waals surface area contributed by atoms with Crippen molar-refractivity contribution in [1.29, 1.82) is 0 Å². The molecule has 0 saturated heterocycles. The molecule has 0 aliphatic rings. The Morgan fingerprint density at radius 3 is 2.78 bits per heavy atom. The zero-order valence-electron chi connectivity index (χ0n) is 11.7. The molecular weight excluding hydrogens is 226 g/mol. The van der Waals surface area contributed by atoms with Crippen LogP contribution in [0.25, 0.3) is 0 Å². The van der Waals surface area contributed by atoms with Crippen LogP contribution in [-0.2, 0) is 6.54 Å². The average molecular weight is 251 g/mol. The second-order valence-corrected chi connectivity index (χ2v) is 4.85. The van der Waals surface area contributed by atoms with E-state index in [0.717, 1.165) is 38.3 Å². The van der Waals surface area contributed by atoms with E-state index in [0.29, 0.717) is 0 Å². The second kappa shape index (κ2) is 8.06. The van der Waals surface area contributed by atoms with Gasteiger partial charge in [0.1, 0.15) is 5.82 Å². The topological polar surface area (TPSA) is 48.4 Å². The van der Waals surface area contributed by atoms with Crippen molar-refractivity contribution in [3.05, 3.63) is 23.9 Å². The molecule has 1 unspecified atom stereocenters. The first-order chi connectivity index (χ1) is 8.61. The number of rotatable bonds is 8. The lowest BCUT2D eigenvalue weighted by Crippen LogP contribution is -2.22. The van der Waals surface area contributed by atoms with Crippen molar-refractivity contribution in [2.24, 2.45) is 0 Å². The van der Waals surface area contributed by atoms with Gasteiger partial charge in [0.15, 0.2) is 0 Å². The lowest BCUT2D eigenvalue weighted by atomic mass is 10.2. The van der Waals surface area contributed by atoms with Crippen LogP contribution in [0, 0.1) is 0 Å². The molecule has 0 bridgehead atoms. The summed E-state index contributed by atoms with van der Waals surface area (Å²) >= 11 is 0. The van der Waals surface area contributed by atoms with E-state index in [2.05, 4.69) is 35.2 Å². The summed E-state index contributed by atoms with van der Waals surface area (Å²) in [6, 6.07) is 4.12. The van der Waals surface area contributed by atoms with E-state index in [1.165, 1.54) is 5.56 Å². The van der Waals surface area contributed by atoms with Crippen molar-refractivity contribution in [2.45, 2.75) is 39.3 Å². The molecule has 0 saturated carbocycles. The van der Waals surface area contributed by atoms with Crippen LogP contribution in [0.3, 0.4) is 0 Å². The van der Waals surface area contributed by atoms with Crippen LogP contribution in [0.2, 0.25) is 0 Å². The minimum absolute atomic E-state index is 0.230. The monoisotopic (exact) mass is 251 g/mol. The SMILES string of the molecule is CCCNc1ccc(CN(C)CCC(C)O)cn1. The number of aromatic nitrogens is 1. The molecule has 1 heterocycles. The highest BCUT2D eigenvalue weighted by Crippen LogP contribution is 2.07. The summed E-state index contributed by atoms with van der Waals surface area (Å²) in [7, 11) is 2.06. The van der Waals surface area contributed by atoms with E-state index < -0.39 is 0 Å². The zero-order valence-corrected chi connectivity index (χ0v) is 11.7. The fraction of sp³-hybridized carbons (Fsp3) is 0.643. The number of nitrogens with zero attached hydrogens (tertiary/aromatic N) is 2. The molecule has 1 rings (SSSR count). The molecule has 1 atom stereocenters. The minimum atomic E-state index is -0.230. The lowest BCUT2D eigenvalue weighted by Gasteiger charge is -2.17. The number of hydrogen-bond acceptors (Lipinski definition) is 4. The molecule has 102 valence electrons. The Bertz CT molecular complexity index is 324. The number of pyridine rings is 1. The van der Waals surface area contributed by atoms with Crippen molar-refractivity contribution in [3.63, 3.8) is 0 Å². The van der Waals surface area contributed by atoms with E-state index in [4.69, 9.17) is 0 Å². The smallest absolute Gasteiger partial charge is 0.125 e. The van der Waals surface area contributed by atoms with Gasteiger partial charge in [-0.05, 0) is 38.4 Å². The number of aliphatic hydroxyl groups excluding tert-OH is 1. The first-order valence-electron chi connectivity index (χ1n) is 6.67. The third-order valence-corrected chi connectivity index (χ3v) is 2.76. The molecule has 18 heavy (non-hydrogen) atoms. The summed E-state index contributed by atoms with van der Waals surface area (Å²) in [5.74, 6) is 0.937. The van der Waals surface area contributed by atoms with E-state index in [1.54, 1.807) is 0 Å². The number of anilines is 1. The van der Waals surface area contributed by atoms with Gasteiger partial charge in [-0.15, -0.1) is 0 Å². The highest BCUT2D eigenvalue weighted by atomic mass is 16.3. The van der Waals surface area contributed by atoms with Crippen LogP contribution in [0.15, 0.2) is 18.3 Å². The molecule has 0 fully saturated rings. The van der Waals surface area contributed by atoms with Crippen molar-refractivity contribution >= 4 is 5.82 Å². The molecular formula is C14H25N3O. The van der Waals surface area contributed by atoms with Gasteiger partial charge in [-0.1, -0.05) is 13.0 Å². The van der Waals surface area contributed by atoms with Gasteiger partial charge in [-0.2, -0.15) is 0 Å². The Morgan fingerprint density at radius 1 is 1.44 bits per heavy atom. The first-order valence-corrected chi connectivity index (χ1v) is 6.67. The third-order valence-electron chi connectivity index (χ3n) is 2.76. The molecule has 4 nitrogen and oxygen atoms in total. The summed E-state index contributed by atoms with van der Waals surface area (Å²) in [4.78, 5) is 6.57. The molecule has 0 spiro atoms. The summed E-state index contributed by atoms with van der Waals surface area (Å²) in [5.41, 5.74) is 1.20. The lowest BCUT2D eigenvalue weighted by molar-refractivity contribution is 0.163. The van der Waals surface area contributed by atoms with Crippen LogP contribution in [0.5, 0.6) is 0 Å². The summed E-state index contributed by atoms with van der Waals surface area (Å²) in [6.45, 7) is 6.68. The van der Waals surface area contributed by atoms with Crippen LogP contribution < -0.4 is 5.32 Å². The normalized spacial score (nSPS) is 12.7. The maximum absolute atomic E-state index is 9.24. The van der Waals surface area contributed by atoms with E-state index in [9.17, 15) is 5.11 Å². The summed E-state index contributed by atoms with van der Waals surface area (Å²) in [5, 5.41) is 12.5. The fourth-order valence-corrected chi connectivity index (χ4v) is 1.67. The van der Waals surface area contributed by atoms with Crippen molar-refractivity contribution < 1.29 is 5.11 Å². The molecule has 4 heteroatoms. The van der Waals surface area contributed by atoms with Crippen LogP contribution >= 0.6 is 0 Å². The Hall–Kier alpha value is -1.13. The quantitative estimate of drug-likeness (QED) is 0.743. The largest absolute Gasteiger partial charge is 0.393 e. The Morgan fingerprint density at radius 2 is 2.22 bits per heavy atom. The Balaban J connectivity index is 2.38. The fourth-order valence-electron chi connectivity index (χ4n) is 1.67. The van der Waals surface area contributed by atoms with Gasteiger partial charge in [0.05, 0.1) is 6.10 Å².